The van der Waals surface area contributed by atoms with Crippen molar-refractivity contribution in [2.45, 2.75) is 6.92 Å². The normalized spacial score (nSPS) is 11.1. The van der Waals surface area contributed by atoms with Gasteiger partial charge in [0.15, 0.2) is 11.9 Å². The van der Waals surface area contributed by atoms with E-state index < -0.39 is 0 Å². The molecule has 0 fully saturated rings. The summed E-state index contributed by atoms with van der Waals surface area (Å²) in [6, 6.07) is 33.9. The van der Waals surface area contributed by atoms with Crippen LogP contribution in [0.4, 0.5) is 5.69 Å². The molecule has 0 saturated heterocycles. The van der Waals surface area contributed by atoms with Crippen molar-refractivity contribution in [3.63, 3.8) is 0 Å². The summed E-state index contributed by atoms with van der Waals surface area (Å²) in [5, 5.41) is 2.45. The number of thiophene rings is 1. The summed E-state index contributed by atoms with van der Waals surface area (Å²) in [5.74, 6) is 0. The van der Waals surface area contributed by atoms with Gasteiger partial charge in [0.25, 0.3) is 0 Å². The first-order chi connectivity index (χ1) is 17.2. The Hall–Kier alpha value is -4.26. The topological polar surface area (TPSA) is 8.24 Å². The molecule has 3 heteroatoms. The minimum atomic E-state index is 0.692. The highest BCUT2D eigenvalue weighted by Crippen LogP contribution is 2.47. The third kappa shape index (κ3) is 3.51. The van der Waals surface area contributed by atoms with Crippen molar-refractivity contribution in [3.8, 4) is 33.5 Å². The van der Waals surface area contributed by atoms with E-state index in [2.05, 4.69) is 115 Å². The Morgan fingerprint density at radius 1 is 0.686 bits per heavy atom. The number of hydrogen-bond acceptors (Lipinski definition) is 1. The fraction of sp³-hybridized carbons (Fsp3) is 0.0625. The molecule has 0 aliphatic carbocycles. The highest BCUT2D eigenvalue weighted by atomic mass is 32.1. The molecule has 166 valence electrons. The second-order valence-electron chi connectivity index (χ2n) is 8.83. The Morgan fingerprint density at radius 3 is 2.14 bits per heavy atom. The molecule has 0 amide bonds. The summed E-state index contributed by atoms with van der Waals surface area (Å²) >= 11 is 1.80. The van der Waals surface area contributed by atoms with Crippen LogP contribution in [0.3, 0.4) is 0 Å². The zero-order chi connectivity index (χ0) is 23.9. The minimum absolute atomic E-state index is 0.692. The molecule has 2 aromatic heterocycles. The molecule has 0 spiro atoms. The van der Waals surface area contributed by atoms with E-state index in [1.165, 1.54) is 42.6 Å². The van der Waals surface area contributed by atoms with Crippen LogP contribution in [0.25, 0.3) is 58.5 Å². The molecule has 0 unspecified atom stereocenters. The Kier molecular flexibility index (Phi) is 5.17. The molecule has 0 aliphatic rings. The van der Waals surface area contributed by atoms with Crippen LogP contribution in [0.1, 0.15) is 5.56 Å². The zero-order valence-electron chi connectivity index (χ0n) is 19.6. The lowest BCUT2D eigenvalue weighted by Crippen LogP contribution is -2.30. The largest absolute Gasteiger partial charge is 0.237 e. The van der Waals surface area contributed by atoms with E-state index >= 15 is 0 Å². The maximum absolute atomic E-state index is 7.93. The van der Waals surface area contributed by atoms with Gasteiger partial charge in [0.1, 0.15) is 7.05 Å². The van der Waals surface area contributed by atoms with E-state index in [0.29, 0.717) is 5.69 Å². The maximum atomic E-state index is 7.93. The van der Waals surface area contributed by atoms with Crippen LogP contribution in [0.2, 0.25) is 0 Å². The quantitative estimate of drug-likeness (QED) is 0.182. The molecular formula is C32H23N2S+. The van der Waals surface area contributed by atoms with Gasteiger partial charge in [-0.3, -0.25) is 0 Å². The van der Waals surface area contributed by atoms with Crippen LogP contribution < -0.4 is 4.57 Å². The van der Waals surface area contributed by atoms with Crippen LogP contribution in [0, 0.1) is 13.5 Å². The van der Waals surface area contributed by atoms with E-state index in [9.17, 15) is 0 Å². The number of hydrogen-bond donors (Lipinski definition) is 0. The van der Waals surface area contributed by atoms with E-state index in [1.807, 2.05) is 12.1 Å². The fourth-order valence-electron chi connectivity index (χ4n) is 4.95. The number of aromatic nitrogens is 1. The Bertz CT molecular complexity index is 1770. The fourth-order valence-corrected chi connectivity index (χ4v) is 6.42. The number of aryl methyl sites for hydroxylation is 2. The van der Waals surface area contributed by atoms with Crippen molar-refractivity contribution in [2.75, 3.05) is 0 Å². The second kappa shape index (κ2) is 8.51. The van der Waals surface area contributed by atoms with Gasteiger partial charge in [-0.2, -0.15) is 0 Å². The van der Waals surface area contributed by atoms with Gasteiger partial charge in [-0.15, -0.1) is 11.3 Å². The van der Waals surface area contributed by atoms with Crippen molar-refractivity contribution in [3.05, 3.63) is 120 Å². The van der Waals surface area contributed by atoms with E-state index in [4.69, 9.17) is 6.57 Å². The molecule has 0 saturated carbocycles. The van der Waals surface area contributed by atoms with Gasteiger partial charge in [-0.05, 0) is 46.7 Å². The number of benzene rings is 4. The van der Waals surface area contributed by atoms with Gasteiger partial charge in [-0.1, -0.05) is 72.8 Å². The van der Waals surface area contributed by atoms with Crippen molar-refractivity contribution in [2.24, 2.45) is 7.05 Å². The van der Waals surface area contributed by atoms with Crippen LogP contribution in [0.5, 0.6) is 0 Å². The van der Waals surface area contributed by atoms with Crippen molar-refractivity contribution >= 4 is 37.2 Å². The lowest BCUT2D eigenvalue weighted by Gasteiger charge is -2.09. The number of nitrogens with zero attached hydrogens (tertiary/aromatic N) is 2. The highest BCUT2D eigenvalue weighted by Gasteiger charge is 2.21. The lowest BCUT2D eigenvalue weighted by atomic mass is 9.96. The first-order valence-corrected chi connectivity index (χ1v) is 12.4. The average molecular weight is 468 g/mol. The Morgan fingerprint density at radius 2 is 1.37 bits per heavy atom. The molecule has 6 rings (SSSR count). The zero-order valence-corrected chi connectivity index (χ0v) is 20.4. The van der Waals surface area contributed by atoms with Gasteiger partial charge in [0.2, 0.25) is 5.69 Å². The smallest absolute Gasteiger partial charge is 0.213 e. The van der Waals surface area contributed by atoms with Crippen molar-refractivity contribution in [1.29, 1.82) is 0 Å². The molecule has 35 heavy (non-hydrogen) atoms. The molecule has 6 aromatic rings. The predicted molar refractivity (Wildman–Crippen MR) is 148 cm³/mol. The Labute approximate surface area is 209 Å². The van der Waals surface area contributed by atoms with Gasteiger partial charge in [0.05, 0.1) is 12.1 Å². The van der Waals surface area contributed by atoms with Gasteiger partial charge < -0.3 is 0 Å². The molecule has 2 nitrogen and oxygen atoms in total. The van der Waals surface area contributed by atoms with E-state index in [1.54, 1.807) is 11.3 Å². The van der Waals surface area contributed by atoms with Crippen LogP contribution in [-0.2, 0) is 7.05 Å². The van der Waals surface area contributed by atoms with Crippen LogP contribution in [0.15, 0.2) is 103 Å². The molecule has 0 N–H and O–H groups in total. The van der Waals surface area contributed by atoms with Gasteiger partial charge in [0, 0.05) is 32.5 Å². The third-order valence-corrected chi connectivity index (χ3v) is 7.94. The molecule has 2 heterocycles. The summed E-state index contributed by atoms with van der Waals surface area (Å²) in [7, 11) is 2.10. The molecule has 0 radical (unpaired) electrons. The molecule has 0 atom stereocenters. The molecule has 4 aromatic carbocycles. The average Bonchev–Trinajstić information content (AvgIpc) is 3.28. The standard InChI is InChI=1S/C32H23N2S/c1-21-15-16-25-26-17-18-27(33-2)30(24-13-9-12-23(20-24)22-10-5-4-6-11-22)32(26)35-31(25)29(21)28-14-7-8-19-34(28)3/h4-20H,1,3H3/q+1. The minimum Gasteiger partial charge on any atom is -0.237 e. The third-order valence-electron chi connectivity index (χ3n) is 6.69. The van der Waals surface area contributed by atoms with E-state index in [0.717, 1.165) is 16.7 Å². The number of rotatable bonds is 3. The summed E-state index contributed by atoms with van der Waals surface area (Å²) in [5.41, 5.74) is 8.85. The molecule has 0 bridgehead atoms. The van der Waals surface area contributed by atoms with Gasteiger partial charge >= 0.3 is 0 Å². The second-order valence-corrected chi connectivity index (χ2v) is 9.85. The first kappa shape index (κ1) is 21.3. The molecular weight excluding hydrogens is 444 g/mol. The summed E-state index contributed by atoms with van der Waals surface area (Å²) in [6.45, 7) is 10.1. The first-order valence-electron chi connectivity index (χ1n) is 11.6. The van der Waals surface area contributed by atoms with E-state index in [-0.39, 0.29) is 0 Å². The number of fused-ring (bicyclic) bond motifs is 3. The highest BCUT2D eigenvalue weighted by molar-refractivity contribution is 7.27. The van der Waals surface area contributed by atoms with Crippen molar-refractivity contribution < 1.29 is 4.57 Å². The predicted octanol–water partition coefficient (Wildman–Crippen LogP) is 8.74. The monoisotopic (exact) mass is 467 g/mol. The summed E-state index contributed by atoms with van der Waals surface area (Å²) in [4.78, 5) is 3.93. The summed E-state index contributed by atoms with van der Waals surface area (Å²) < 4.78 is 4.62. The lowest BCUT2D eigenvalue weighted by molar-refractivity contribution is -0.660. The molecule has 0 aliphatic heterocycles. The van der Waals surface area contributed by atoms with Crippen molar-refractivity contribution in [1.82, 2.24) is 0 Å². The van der Waals surface area contributed by atoms with Crippen LogP contribution in [-0.4, -0.2) is 0 Å². The Balaban J connectivity index is 1.67. The van der Waals surface area contributed by atoms with Crippen LogP contribution >= 0.6 is 11.3 Å². The number of pyridine rings is 1. The SMILES string of the molecule is [C-]#[N+]c1ccc2c(sc3c(-c4cccc[n+]4C)c(C)ccc32)c1-c1cccc(-c2ccccc2)c1. The van der Waals surface area contributed by atoms with Gasteiger partial charge in [-0.25, -0.2) is 9.41 Å². The maximum Gasteiger partial charge on any atom is 0.213 e. The summed E-state index contributed by atoms with van der Waals surface area (Å²) in [6.07, 6.45) is 2.10.